The number of nitrogens with one attached hydrogen (secondary N) is 1. The van der Waals surface area contributed by atoms with Gasteiger partial charge in [0.1, 0.15) is 24.7 Å². The minimum absolute atomic E-state index is 0.00676. The van der Waals surface area contributed by atoms with Crippen LogP contribution in [0.4, 0.5) is 5.69 Å². The molecule has 5 rings (SSSR count). The third-order valence-electron chi connectivity index (χ3n) is 12.9. The first-order valence-electron chi connectivity index (χ1n) is 25.2. The van der Waals surface area contributed by atoms with E-state index in [1.807, 2.05) is 79.7 Å². The number of benzene rings is 2. The molecule has 0 spiro atoms. The quantitative estimate of drug-likeness (QED) is 0.0287. The van der Waals surface area contributed by atoms with Crippen LogP contribution < -0.4 is 20.1 Å². The molecule has 3 heterocycles. The lowest BCUT2D eigenvalue weighted by Crippen LogP contribution is -2.38. The molecule has 0 aromatic heterocycles. The second-order valence-electron chi connectivity index (χ2n) is 19.7. The van der Waals surface area contributed by atoms with Gasteiger partial charge in [0.05, 0.1) is 62.1 Å². The lowest BCUT2D eigenvalue weighted by atomic mass is 9.77. The van der Waals surface area contributed by atoms with Crippen molar-refractivity contribution >= 4 is 59.8 Å². The van der Waals surface area contributed by atoms with Gasteiger partial charge in [0.15, 0.2) is 6.54 Å². The summed E-state index contributed by atoms with van der Waals surface area (Å²) < 4.78 is 132. The highest BCUT2D eigenvalue weighted by Crippen LogP contribution is 2.51. The summed E-state index contributed by atoms with van der Waals surface area (Å²) in [5, 5.41) is 3.46. The highest BCUT2D eigenvalue weighted by Gasteiger charge is 2.44. The van der Waals surface area contributed by atoms with Crippen LogP contribution in [-0.4, -0.2) is 159 Å². The topological polar surface area (TPSA) is 286 Å². The molecule has 0 fully saturated rings. The maximum atomic E-state index is 12.7. The zero-order valence-electron chi connectivity index (χ0n) is 43.9. The summed E-state index contributed by atoms with van der Waals surface area (Å²) in [4.78, 5) is 39.1. The zero-order valence-corrected chi connectivity index (χ0v) is 46.4. The van der Waals surface area contributed by atoms with Crippen LogP contribution in [-0.2, 0) is 74.5 Å². The first-order chi connectivity index (χ1) is 35.8. The van der Waals surface area contributed by atoms with Crippen molar-refractivity contribution in [1.82, 2.24) is 14.8 Å². The van der Waals surface area contributed by atoms with Gasteiger partial charge in [-0.3, -0.25) is 32.9 Å². The lowest BCUT2D eigenvalue weighted by molar-refractivity contribution is -0.137. The Hall–Kier alpha value is -5.15. The van der Waals surface area contributed by atoms with Crippen molar-refractivity contribution in [3.63, 3.8) is 0 Å². The summed E-state index contributed by atoms with van der Waals surface area (Å²) in [6.45, 7) is 11.8. The monoisotopic (exact) mass is 1120 g/mol. The molecule has 24 heteroatoms. The van der Waals surface area contributed by atoms with Gasteiger partial charge < -0.3 is 33.6 Å². The number of fused-ring (bicyclic) bond motifs is 2. The number of ether oxygens (including phenoxy) is 4. The minimum atomic E-state index is -4.65. The Bertz CT molecular complexity index is 2960. The SMILES string of the molecule is COCCOCCOCCOCC[N+](CCCS(=O)(=O)O)=c1ccc2c(/C=C/C=C3\N(CCCCCC(=O)NCCN4C(=O)C=CC4=O)c4ccc(S(=O)(=O)O)cc4C3(C)CCCS(=O)(=O)O)cc(C(C)(C)C)oc-2c1. The summed E-state index contributed by atoms with van der Waals surface area (Å²) >= 11 is 0. The molecule has 1 aromatic rings. The van der Waals surface area contributed by atoms with Gasteiger partial charge in [0, 0.05) is 85.6 Å². The average Bonchev–Trinajstić information content (AvgIpc) is 3.77. The minimum Gasteiger partial charge on any atom is -0.460 e. The van der Waals surface area contributed by atoms with Gasteiger partial charge in [-0.25, -0.2) is 4.58 Å². The van der Waals surface area contributed by atoms with E-state index in [0.717, 1.165) is 21.4 Å². The van der Waals surface area contributed by atoms with Crippen molar-refractivity contribution in [3.8, 4) is 11.3 Å². The normalized spacial score (nSPS) is 17.2. The molecule has 1 atom stereocenters. The maximum absolute atomic E-state index is 12.7. The number of hydrogen-bond acceptors (Lipinski definition) is 15. The fourth-order valence-corrected chi connectivity index (χ4v) is 10.4. The first kappa shape index (κ1) is 61.7. The van der Waals surface area contributed by atoms with E-state index in [0.29, 0.717) is 100 Å². The largest absolute Gasteiger partial charge is 0.460 e. The molecule has 3 aliphatic heterocycles. The van der Waals surface area contributed by atoms with E-state index in [1.165, 1.54) is 24.3 Å². The number of carbonyl (C=O) groups is 3. The van der Waals surface area contributed by atoms with Crippen LogP contribution in [0.25, 0.3) is 17.4 Å². The van der Waals surface area contributed by atoms with E-state index in [-0.39, 0.29) is 62.7 Å². The predicted octanol–water partition coefficient (Wildman–Crippen LogP) is 4.62. The van der Waals surface area contributed by atoms with Gasteiger partial charge in [-0.15, -0.1) is 0 Å². The molecular formula is C52H73N4O17S3+. The Morgan fingerprint density at radius 3 is 2.04 bits per heavy atom. The van der Waals surface area contributed by atoms with Crippen LogP contribution in [0.15, 0.2) is 81.8 Å². The summed E-state index contributed by atoms with van der Waals surface area (Å²) in [6, 6.07) is 11.9. The Balaban J connectivity index is 1.45. The van der Waals surface area contributed by atoms with Crippen LogP contribution in [0.5, 0.6) is 0 Å². The van der Waals surface area contributed by atoms with E-state index in [9.17, 15) is 53.3 Å². The molecule has 4 N–H and O–H groups in total. The Labute approximate surface area is 446 Å². The van der Waals surface area contributed by atoms with E-state index in [2.05, 4.69) is 5.32 Å². The van der Waals surface area contributed by atoms with Gasteiger partial charge in [-0.1, -0.05) is 39.3 Å². The molecule has 0 saturated heterocycles. The molecule has 1 aromatic carbocycles. The summed E-state index contributed by atoms with van der Waals surface area (Å²) in [6.07, 6.45) is 10.1. The molecule has 4 aliphatic rings. The number of amides is 3. The second kappa shape index (κ2) is 27.9. The van der Waals surface area contributed by atoms with Crippen LogP contribution in [0.1, 0.15) is 89.5 Å². The van der Waals surface area contributed by atoms with Crippen LogP contribution in [0, 0.1) is 0 Å². The number of hydrogen-bond donors (Lipinski definition) is 4. The van der Waals surface area contributed by atoms with Crippen molar-refractivity contribution in [2.45, 2.75) is 88.4 Å². The van der Waals surface area contributed by atoms with Crippen molar-refractivity contribution < 1.29 is 76.7 Å². The number of nitrogens with zero attached hydrogens (tertiary/aromatic N) is 3. The van der Waals surface area contributed by atoms with E-state index < -0.39 is 64.5 Å². The molecular weight excluding hydrogens is 1050 g/mol. The highest BCUT2D eigenvalue weighted by atomic mass is 32.2. The Morgan fingerprint density at radius 2 is 1.41 bits per heavy atom. The molecule has 0 bridgehead atoms. The number of methoxy groups -OCH3 is 1. The average molecular weight is 1120 g/mol. The third kappa shape index (κ3) is 18.8. The molecule has 76 heavy (non-hydrogen) atoms. The molecule has 3 amide bonds. The predicted molar refractivity (Wildman–Crippen MR) is 285 cm³/mol. The van der Waals surface area contributed by atoms with Crippen LogP contribution >= 0.6 is 0 Å². The van der Waals surface area contributed by atoms with Gasteiger partial charge in [0.2, 0.25) is 11.3 Å². The van der Waals surface area contributed by atoms with E-state index >= 15 is 0 Å². The van der Waals surface area contributed by atoms with Crippen molar-refractivity contribution in [1.29, 1.82) is 0 Å². The fraction of sp³-hybridized carbons (Fsp3) is 0.538. The number of unbranched alkanes of at least 4 members (excludes halogenated alkanes) is 2. The fourth-order valence-electron chi connectivity index (χ4n) is 8.90. The van der Waals surface area contributed by atoms with Crippen molar-refractivity contribution in [2.75, 3.05) is 102 Å². The highest BCUT2D eigenvalue weighted by molar-refractivity contribution is 7.86. The first-order valence-corrected chi connectivity index (χ1v) is 29.8. The van der Waals surface area contributed by atoms with Crippen LogP contribution in [0.3, 0.4) is 0 Å². The summed E-state index contributed by atoms with van der Waals surface area (Å²) in [7, 11) is -11.6. The maximum Gasteiger partial charge on any atom is 0.294 e. The lowest BCUT2D eigenvalue weighted by Gasteiger charge is -2.30. The third-order valence-corrected chi connectivity index (χ3v) is 15.3. The van der Waals surface area contributed by atoms with Gasteiger partial charge in [0.25, 0.3) is 42.2 Å². The van der Waals surface area contributed by atoms with Gasteiger partial charge in [-0.05, 0) is 80.1 Å². The molecule has 21 nitrogen and oxygen atoms in total. The number of rotatable bonds is 32. The Kier molecular flexibility index (Phi) is 22.7. The molecule has 0 radical (unpaired) electrons. The Morgan fingerprint density at radius 1 is 0.763 bits per heavy atom. The smallest absolute Gasteiger partial charge is 0.294 e. The zero-order chi connectivity index (χ0) is 55.7. The van der Waals surface area contributed by atoms with E-state index in [4.69, 9.17) is 23.4 Å². The number of allylic oxidation sites excluding steroid dienone is 3. The number of carbonyl (C=O) groups excluding carboxylic acids is 3. The van der Waals surface area contributed by atoms with E-state index in [1.54, 1.807) is 13.2 Å². The molecule has 1 aliphatic carbocycles. The molecule has 0 saturated carbocycles. The number of imide groups is 1. The van der Waals surface area contributed by atoms with Crippen LogP contribution in [0.2, 0.25) is 0 Å². The number of anilines is 1. The molecule has 1 unspecified atom stereocenters. The van der Waals surface area contributed by atoms with Crippen molar-refractivity contribution in [3.05, 3.63) is 94.7 Å². The van der Waals surface area contributed by atoms with Crippen molar-refractivity contribution in [2.24, 2.45) is 0 Å². The standard InChI is InChI=1S/C52H72N4O17S3/c1-51(2,3)47-36-39(42-17-15-40(37-45(42)73-47)54(23-11-35-75(63,64)65)26-27-70-30-31-72-33-32-71-29-28-69-5)12-9-13-46-52(4,21-10-34-74(60,61)62)43-38-41(76(66,67)68)16-18-44(43)55(46)24-8-6-7-14-48(57)53-22-25-56-49(58)19-20-50(56)59/h9,12-13,15-20,36-38H,6-8,10-11,14,21-35H2,1-5H3,(H3-,53,57,60,61,62,63,64,65,66,67,68)/p+1. The summed E-state index contributed by atoms with van der Waals surface area (Å²) in [5.74, 6) is -0.906. The molecule has 420 valence electrons. The second-order valence-corrected chi connectivity index (χ2v) is 24.3. The van der Waals surface area contributed by atoms with Gasteiger partial charge >= 0.3 is 0 Å². The van der Waals surface area contributed by atoms with Gasteiger partial charge in [-0.2, -0.15) is 25.3 Å². The summed E-state index contributed by atoms with van der Waals surface area (Å²) in [5.41, 5.74) is 1.86.